The van der Waals surface area contributed by atoms with E-state index in [4.69, 9.17) is 10.3 Å². The molecule has 21 heavy (non-hydrogen) atoms. The van der Waals surface area contributed by atoms with E-state index in [9.17, 15) is 4.79 Å². The number of hydrogen-bond acceptors (Lipinski definition) is 5. The largest absolute Gasteiger partial charge is 0.377 e. The van der Waals surface area contributed by atoms with Gasteiger partial charge in [0.2, 0.25) is 0 Å². The van der Waals surface area contributed by atoms with E-state index in [2.05, 4.69) is 29.3 Å². The highest BCUT2D eigenvalue weighted by molar-refractivity contribution is 5.98. The van der Waals surface area contributed by atoms with Crippen molar-refractivity contribution in [2.45, 2.75) is 39.2 Å². The summed E-state index contributed by atoms with van der Waals surface area (Å²) in [6.45, 7) is 4.71. The van der Waals surface area contributed by atoms with Crippen molar-refractivity contribution < 1.29 is 9.32 Å². The summed E-state index contributed by atoms with van der Waals surface area (Å²) in [7, 11) is 0. The molecular formula is C15H20N4O2. The van der Waals surface area contributed by atoms with E-state index in [1.807, 2.05) is 6.07 Å². The van der Waals surface area contributed by atoms with Gasteiger partial charge in [-0.1, -0.05) is 19.0 Å². The number of rotatable bonds is 7. The number of hydrogen-bond donors (Lipinski definition) is 2. The molecule has 2 heterocycles. The molecule has 0 aliphatic carbocycles. The molecule has 0 unspecified atom stereocenters. The van der Waals surface area contributed by atoms with Crippen molar-refractivity contribution in [1.29, 1.82) is 0 Å². The molecule has 0 aromatic carbocycles. The highest BCUT2D eigenvalue weighted by Crippen LogP contribution is 2.23. The Hall–Kier alpha value is -2.37. The average Bonchev–Trinajstić information content (AvgIpc) is 2.95. The topological polar surface area (TPSA) is 94.0 Å². The van der Waals surface area contributed by atoms with Crippen LogP contribution in [0.3, 0.4) is 0 Å². The van der Waals surface area contributed by atoms with Crippen molar-refractivity contribution in [3.8, 4) is 0 Å². The minimum absolute atomic E-state index is 0.359. The van der Waals surface area contributed by atoms with Gasteiger partial charge >= 0.3 is 0 Å². The van der Waals surface area contributed by atoms with Crippen LogP contribution in [0.4, 0.5) is 5.69 Å². The fraction of sp³-hybridized carbons (Fsp3) is 0.400. The Morgan fingerprint density at radius 2 is 2.19 bits per heavy atom. The van der Waals surface area contributed by atoms with Gasteiger partial charge in [-0.25, -0.2) is 0 Å². The summed E-state index contributed by atoms with van der Waals surface area (Å²) in [5, 5.41) is 7.23. The number of amides is 1. The predicted octanol–water partition coefficient (Wildman–Crippen LogP) is 2.68. The first-order valence-electron chi connectivity index (χ1n) is 7.08. The summed E-state index contributed by atoms with van der Waals surface area (Å²) in [6.07, 6.45) is 5.11. The van der Waals surface area contributed by atoms with E-state index < -0.39 is 5.91 Å². The Bertz CT molecular complexity index is 605. The molecule has 2 rings (SSSR count). The third-order valence-corrected chi connectivity index (χ3v) is 3.52. The smallest absolute Gasteiger partial charge is 0.252 e. The molecule has 0 fully saturated rings. The maximum Gasteiger partial charge on any atom is 0.252 e. The Labute approximate surface area is 123 Å². The van der Waals surface area contributed by atoms with E-state index in [1.54, 1.807) is 12.3 Å². The Morgan fingerprint density at radius 1 is 1.43 bits per heavy atom. The molecule has 3 N–H and O–H groups in total. The zero-order chi connectivity index (χ0) is 15.2. The fourth-order valence-corrected chi connectivity index (χ4v) is 2.24. The van der Waals surface area contributed by atoms with Crippen LogP contribution < -0.4 is 11.1 Å². The number of pyridine rings is 1. The van der Waals surface area contributed by atoms with Gasteiger partial charge in [0.1, 0.15) is 0 Å². The van der Waals surface area contributed by atoms with Crippen LogP contribution in [0.25, 0.3) is 0 Å². The molecule has 2 aromatic heterocycles. The zero-order valence-electron chi connectivity index (χ0n) is 12.3. The first-order chi connectivity index (χ1) is 10.2. The van der Waals surface area contributed by atoms with Crippen LogP contribution in [-0.2, 0) is 6.54 Å². The van der Waals surface area contributed by atoms with Crippen LogP contribution in [0, 0.1) is 0 Å². The number of nitrogens with one attached hydrogen (secondary N) is 1. The van der Waals surface area contributed by atoms with Gasteiger partial charge in [0.25, 0.3) is 5.91 Å². The highest BCUT2D eigenvalue weighted by Gasteiger charge is 2.13. The molecule has 6 heteroatoms. The molecule has 0 radical (unpaired) electrons. The lowest BCUT2D eigenvalue weighted by Gasteiger charge is -2.07. The number of anilines is 1. The minimum atomic E-state index is -0.513. The Morgan fingerprint density at radius 3 is 2.86 bits per heavy atom. The van der Waals surface area contributed by atoms with Gasteiger partial charge in [0.15, 0.2) is 5.76 Å². The van der Waals surface area contributed by atoms with Gasteiger partial charge in [0.05, 0.1) is 23.5 Å². The maximum atomic E-state index is 11.3. The molecule has 0 spiro atoms. The average molecular weight is 288 g/mol. The Kier molecular flexibility index (Phi) is 4.92. The van der Waals surface area contributed by atoms with E-state index in [-0.39, 0.29) is 0 Å². The fourth-order valence-electron chi connectivity index (χ4n) is 2.24. The normalized spacial score (nSPS) is 10.8. The second-order valence-electron chi connectivity index (χ2n) is 4.87. The molecule has 0 atom stereocenters. The van der Waals surface area contributed by atoms with Gasteiger partial charge in [0, 0.05) is 24.4 Å². The standard InChI is InChI=1S/C15H20N4O2/c1-3-10(4-2)14-7-11(21-19-14)8-18-13-5-6-17-9-12(13)15(16)20/h5-7,9-10H,3-4,8H2,1-2H3,(H2,16,20)(H,17,18). The molecule has 2 aromatic rings. The number of nitrogens with two attached hydrogens (primary N) is 1. The second-order valence-corrected chi connectivity index (χ2v) is 4.87. The van der Waals surface area contributed by atoms with Gasteiger partial charge in [-0.05, 0) is 18.9 Å². The van der Waals surface area contributed by atoms with Crippen molar-refractivity contribution in [3.63, 3.8) is 0 Å². The van der Waals surface area contributed by atoms with Crippen LogP contribution in [0.1, 0.15) is 54.4 Å². The summed E-state index contributed by atoms with van der Waals surface area (Å²) in [4.78, 5) is 15.2. The van der Waals surface area contributed by atoms with Crippen LogP contribution in [0.5, 0.6) is 0 Å². The molecule has 0 aliphatic heterocycles. The van der Waals surface area contributed by atoms with Crippen LogP contribution in [0.15, 0.2) is 29.0 Å². The summed E-state index contributed by atoms with van der Waals surface area (Å²) in [5.74, 6) is 0.634. The minimum Gasteiger partial charge on any atom is -0.377 e. The van der Waals surface area contributed by atoms with Crippen LogP contribution in [0.2, 0.25) is 0 Å². The summed E-state index contributed by atoms with van der Waals surface area (Å²) < 4.78 is 5.33. The van der Waals surface area contributed by atoms with E-state index in [1.165, 1.54) is 6.20 Å². The summed E-state index contributed by atoms with van der Waals surface area (Å²) in [5.41, 5.74) is 7.28. The third kappa shape index (κ3) is 3.59. The van der Waals surface area contributed by atoms with Crippen molar-refractivity contribution in [1.82, 2.24) is 10.1 Å². The Balaban J connectivity index is 2.05. The summed E-state index contributed by atoms with van der Waals surface area (Å²) in [6, 6.07) is 3.66. The third-order valence-electron chi connectivity index (χ3n) is 3.52. The van der Waals surface area contributed by atoms with Crippen molar-refractivity contribution >= 4 is 11.6 Å². The lowest BCUT2D eigenvalue weighted by atomic mass is 9.99. The van der Waals surface area contributed by atoms with Crippen molar-refractivity contribution in [2.24, 2.45) is 5.73 Å². The van der Waals surface area contributed by atoms with Crippen LogP contribution >= 0.6 is 0 Å². The first kappa shape index (κ1) is 15.0. The molecule has 0 saturated heterocycles. The molecule has 6 nitrogen and oxygen atoms in total. The lowest BCUT2D eigenvalue weighted by Crippen LogP contribution is -2.14. The maximum absolute atomic E-state index is 11.3. The number of aromatic nitrogens is 2. The molecule has 0 saturated carbocycles. The van der Waals surface area contributed by atoms with Gasteiger partial charge in [-0.15, -0.1) is 0 Å². The molecule has 1 amide bonds. The van der Waals surface area contributed by atoms with E-state index >= 15 is 0 Å². The SMILES string of the molecule is CCC(CC)c1cc(CNc2ccncc2C(N)=O)on1. The lowest BCUT2D eigenvalue weighted by molar-refractivity contribution is 0.100. The van der Waals surface area contributed by atoms with Crippen LogP contribution in [-0.4, -0.2) is 16.0 Å². The predicted molar refractivity (Wildman–Crippen MR) is 79.9 cm³/mol. The highest BCUT2D eigenvalue weighted by atomic mass is 16.5. The number of carbonyl (C=O) groups is 1. The van der Waals surface area contributed by atoms with Crippen molar-refractivity contribution in [3.05, 3.63) is 41.5 Å². The second kappa shape index (κ2) is 6.88. The van der Waals surface area contributed by atoms with Crippen molar-refractivity contribution in [2.75, 3.05) is 5.32 Å². The molecule has 112 valence electrons. The number of nitrogens with zero attached hydrogens (tertiary/aromatic N) is 2. The van der Waals surface area contributed by atoms with Gasteiger partial charge in [-0.3, -0.25) is 9.78 Å². The quantitative estimate of drug-likeness (QED) is 0.816. The molecule has 0 aliphatic rings. The van der Waals surface area contributed by atoms with Gasteiger partial charge < -0.3 is 15.6 Å². The monoisotopic (exact) mass is 288 g/mol. The van der Waals surface area contributed by atoms with E-state index in [0.717, 1.165) is 24.3 Å². The molecular weight excluding hydrogens is 268 g/mol. The van der Waals surface area contributed by atoms with E-state index in [0.29, 0.717) is 23.7 Å². The summed E-state index contributed by atoms with van der Waals surface area (Å²) >= 11 is 0. The molecule has 0 bridgehead atoms. The number of carbonyl (C=O) groups excluding carboxylic acids is 1. The van der Waals surface area contributed by atoms with Gasteiger partial charge in [-0.2, -0.15) is 0 Å². The first-order valence-corrected chi connectivity index (χ1v) is 7.08. The zero-order valence-corrected chi connectivity index (χ0v) is 12.3. The number of primary amides is 1.